The van der Waals surface area contributed by atoms with Gasteiger partial charge in [-0.25, -0.2) is 9.97 Å². The number of carboxylic acid groups (broad SMARTS) is 1. The first-order valence-electron chi connectivity index (χ1n) is 6.31. The summed E-state index contributed by atoms with van der Waals surface area (Å²) in [4.78, 5) is 18.5. The first kappa shape index (κ1) is 14.4. The Kier molecular flexibility index (Phi) is 4.65. The van der Waals surface area contributed by atoms with Crippen LogP contribution in [0.2, 0.25) is 0 Å². The molecule has 0 atom stereocenters. The lowest BCUT2D eigenvalue weighted by atomic mass is 9.86. The van der Waals surface area contributed by atoms with Crippen LogP contribution >= 0.6 is 0 Å². The molecule has 0 aliphatic heterocycles. The van der Waals surface area contributed by atoms with E-state index in [1.165, 1.54) is 12.4 Å². The molecule has 2 N–H and O–H groups in total. The molecule has 6 nitrogen and oxygen atoms in total. The lowest BCUT2D eigenvalue weighted by molar-refractivity contribution is -0.142. The third-order valence-corrected chi connectivity index (χ3v) is 3.28. The van der Waals surface area contributed by atoms with Gasteiger partial charge >= 0.3 is 12.6 Å². The zero-order valence-corrected chi connectivity index (χ0v) is 10.6. The van der Waals surface area contributed by atoms with Crippen molar-refractivity contribution in [2.75, 3.05) is 5.32 Å². The van der Waals surface area contributed by atoms with Crippen LogP contribution in [0.15, 0.2) is 12.4 Å². The van der Waals surface area contributed by atoms with Crippen molar-refractivity contribution in [3.05, 3.63) is 12.4 Å². The van der Waals surface area contributed by atoms with Crippen LogP contribution in [0.1, 0.15) is 25.7 Å². The Labute approximate surface area is 114 Å². The van der Waals surface area contributed by atoms with E-state index >= 15 is 0 Å². The van der Waals surface area contributed by atoms with Crippen molar-refractivity contribution in [2.45, 2.75) is 38.3 Å². The number of carboxylic acids is 1. The van der Waals surface area contributed by atoms with Crippen molar-refractivity contribution < 1.29 is 23.4 Å². The first-order valence-corrected chi connectivity index (χ1v) is 6.31. The molecule has 0 amide bonds. The van der Waals surface area contributed by atoms with Crippen molar-refractivity contribution in [3.63, 3.8) is 0 Å². The normalized spacial score (nSPS) is 22.6. The highest BCUT2D eigenvalue weighted by Crippen LogP contribution is 2.28. The molecule has 0 saturated heterocycles. The molecule has 1 saturated carbocycles. The molecule has 1 aromatic rings. The summed E-state index contributed by atoms with van der Waals surface area (Å²) in [6.45, 7) is -2.96. The van der Waals surface area contributed by atoms with Crippen molar-refractivity contribution in [3.8, 4) is 5.88 Å². The number of nitrogens with one attached hydrogen (secondary N) is 1. The molecule has 0 spiro atoms. The van der Waals surface area contributed by atoms with E-state index in [0.717, 1.165) is 0 Å². The van der Waals surface area contributed by atoms with Gasteiger partial charge in [0.2, 0.25) is 0 Å². The number of aliphatic carboxylic acids is 1. The summed E-state index contributed by atoms with van der Waals surface area (Å²) in [7, 11) is 0. The van der Waals surface area contributed by atoms with E-state index in [0.29, 0.717) is 25.7 Å². The number of alkyl halides is 2. The fraction of sp³-hybridized carbons (Fsp3) is 0.583. The molecule has 0 radical (unpaired) electrons. The highest BCUT2D eigenvalue weighted by atomic mass is 19.3. The van der Waals surface area contributed by atoms with Crippen molar-refractivity contribution in [1.82, 2.24) is 9.97 Å². The van der Waals surface area contributed by atoms with Gasteiger partial charge in [0.15, 0.2) is 5.82 Å². The predicted octanol–water partition coefficient (Wildman–Crippen LogP) is 2.13. The Bertz CT molecular complexity index is 465. The van der Waals surface area contributed by atoms with Crippen LogP contribution < -0.4 is 10.1 Å². The van der Waals surface area contributed by atoms with Gasteiger partial charge in [-0.1, -0.05) is 0 Å². The van der Waals surface area contributed by atoms with Crippen LogP contribution in [0, 0.1) is 5.92 Å². The lowest BCUT2D eigenvalue weighted by Gasteiger charge is -2.27. The van der Waals surface area contributed by atoms with Gasteiger partial charge in [0, 0.05) is 18.4 Å². The SMILES string of the molecule is O=C(O)C1CCC(Nc2nccnc2OC(F)F)CC1. The Balaban J connectivity index is 1.96. The molecular formula is C12H15F2N3O3. The largest absolute Gasteiger partial charge is 0.481 e. The van der Waals surface area contributed by atoms with Gasteiger partial charge in [0.05, 0.1) is 5.92 Å². The van der Waals surface area contributed by atoms with E-state index in [9.17, 15) is 13.6 Å². The number of rotatable bonds is 5. The number of anilines is 1. The lowest BCUT2D eigenvalue weighted by Crippen LogP contribution is -2.29. The molecule has 8 heteroatoms. The Morgan fingerprint density at radius 1 is 1.30 bits per heavy atom. The van der Waals surface area contributed by atoms with E-state index < -0.39 is 12.6 Å². The standard InChI is InChI=1S/C12H15F2N3O3/c13-12(14)20-10-9(15-5-6-16-10)17-8-3-1-7(2-4-8)11(18)19/h5-8,12H,1-4H2,(H,15,17)(H,18,19). The van der Waals surface area contributed by atoms with Gasteiger partial charge in [0.25, 0.3) is 5.88 Å². The van der Waals surface area contributed by atoms with E-state index in [1.54, 1.807) is 0 Å². The summed E-state index contributed by atoms with van der Waals surface area (Å²) >= 11 is 0. The van der Waals surface area contributed by atoms with Crippen LogP contribution in [-0.4, -0.2) is 33.7 Å². The first-order chi connectivity index (χ1) is 9.56. The number of halogens is 2. The van der Waals surface area contributed by atoms with Crippen LogP contribution in [0.5, 0.6) is 5.88 Å². The molecule has 1 aliphatic rings. The fourth-order valence-electron chi connectivity index (χ4n) is 2.27. The molecule has 0 bridgehead atoms. The van der Waals surface area contributed by atoms with Gasteiger partial charge < -0.3 is 15.2 Å². The zero-order chi connectivity index (χ0) is 14.5. The maximum absolute atomic E-state index is 12.2. The van der Waals surface area contributed by atoms with E-state index in [1.807, 2.05) is 0 Å². The number of hydrogen-bond donors (Lipinski definition) is 2. The zero-order valence-electron chi connectivity index (χ0n) is 10.6. The molecule has 20 heavy (non-hydrogen) atoms. The molecule has 1 heterocycles. The molecule has 1 fully saturated rings. The summed E-state index contributed by atoms with van der Waals surface area (Å²) in [5, 5.41) is 11.9. The average Bonchev–Trinajstić information content (AvgIpc) is 2.41. The number of aromatic nitrogens is 2. The van der Waals surface area contributed by atoms with Gasteiger partial charge in [-0.05, 0) is 25.7 Å². The third kappa shape index (κ3) is 3.75. The molecule has 0 aromatic carbocycles. The quantitative estimate of drug-likeness (QED) is 0.863. The second-order valence-corrected chi connectivity index (χ2v) is 4.62. The van der Waals surface area contributed by atoms with Crippen molar-refractivity contribution in [1.29, 1.82) is 0 Å². The average molecular weight is 287 g/mol. The summed E-state index contributed by atoms with van der Waals surface area (Å²) < 4.78 is 28.8. The topological polar surface area (TPSA) is 84.3 Å². The molecule has 2 rings (SSSR count). The summed E-state index contributed by atoms with van der Waals surface area (Å²) in [5.41, 5.74) is 0. The summed E-state index contributed by atoms with van der Waals surface area (Å²) in [6, 6.07) is -0.0117. The summed E-state index contributed by atoms with van der Waals surface area (Å²) in [6.07, 6.45) is 5.04. The molecule has 1 aromatic heterocycles. The smallest absolute Gasteiger partial charge is 0.388 e. The monoisotopic (exact) mass is 287 g/mol. The third-order valence-electron chi connectivity index (χ3n) is 3.28. The van der Waals surface area contributed by atoms with Crippen molar-refractivity contribution in [2.24, 2.45) is 5.92 Å². The highest BCUT2D eigenvalue weighted by Gasteiger charge is 2.26. The maximum atomic E-state index is 12.2. The van der Waals surface area contributed by atoms with Gasteiger partial charge in [-0.3, -0.25) is 4.79 Å². The predicted molar refractivity (Wildman–Crippen MR) is 65.7 cm³/mol. The van der Waals surface area contributed by atoms with E-state index in [2.05, 4.69) is 20.0 Å². The van der Waals surface area contributed by atoms with Crippen LogP contribution in [-0.2, 0) is 4.79 Å². The fourth-order valence-corrected chi connectivity index (χ4v) is 2.27. The molecule has 1 aliphatic carbocycles. The minimum atomic E-state index is -2.96. The highest BCUT2D eigenvalue weighted by molar-refractivity contribution is 5.70. The minimum absolute atomic E-state index is 0.0117. The minimum Gasteiger partial charge on any atom is -0.481 e. The van der Waals surface area contributed by atoms with Gasteiger partial charge in [0.1, 0.15) is 0 Å². The molecule has 0 unspecified atom stereocenters. The van der Waals surface area contributed by atoms with E-state index in [-0.39, 0.29) is 23.7 Å². The molecular weight excluding hydrogens is 272 g/mol. The van der Waals surface area contributed by atoms with Crippen LogP contribution in [0.3, 0.4) is 0 Å². The van der Waals surface area contributed by atoms with Crippen LogP contribution in [0.4, 0.5) is 14.6 Å². The number of nitrogens with zero attached hydrogens (tertiary/aromatic N) is 2. The van der Waals surface area contributed by atoms with Gasteiger partial charge in [-0.15, -0.1) is 0 Å². The number of ether oxygens (including phenoxy) is 1. The van der Waals surface area contributed by atoms with E-state index in [4.69, 9.17) is 5.11 Å². The van der Waals surface area contributed by atoms with Gasteiger partial charge in [-0.2, -0.15) is 8.78 Å². The second-order valence-electron chi connectivity index (χ2n) is 4.62. The number of hydrogen-bond acceptors (Lipinski definition) is 5. The van der Waals surface area contributed by atoms with Crippen LogP contribution in [0.25, 0.3) is 0 Å². The Morgan fingerprint density at radius 3 is 2.55 bits per heavy atom. The van der Waals surface area contributed by atoms with Crippen molar-refractivity contribution >= 4 is 11.8 Å². The maximum Gasteiger partial charge on any atom is 0.388 e. The Hall–Kier alpha value is -1.99. The number of carbonyl (C=O) groups is 1. The second kappa shape index (κ2) is 6.44. The molecule has 110 valence electrons. The Morgan fingerprint density at radius 2 is 1.95 bits per heavy atom. The summed E-state index contributed by atoms with van der Waals surface area (Å²) in [5.74, 6) is -1.20.